The third-order valence-corrected chi connectivity index (χ3v) is 4.34. The first-order chi connectivity index (χ1) is 11.7. The van der Waals surface area contributed by atoms with Crippen LogP contribution in [-0.2, 0) is 0 Å². The van der Waals surface area contributed by atoms with E-state index in [0.717, 1.165) is 10.8 Å². The fraction of sp³-hybridized carbons (Fsp3) is 0.158. The van der Waals surface area contributed by atoms with Crippen LogP contribution in [0.2, 0.25) is 5.02 Å². The molecule has 5 heteroatoms. The highest BCUT2D eigenvalue weighted by molar-refractivity contribution is 6.30. The van der Waals surface area contributed by atoms with Gasteiger partial charge in [-0.1, -0.05) is 41.9 Å². The minimum Gasteiger partial charge on any atom is -0.471 e. The lowest BCUT2D eigenvalue weighted by atomic mass is 10.0. The monoisotopic (exact) mass is 338 g/mol. The van der Waals surface area contributed by atoms with Crippen molar-refractivity contribution in [3.05, 3.63) is 71.4 Å². The molecule has 1 saturated heterocycles. The van der Waals surface area contributed by atoms with Crippen LogP contribution in [0.1, 0.15) is 10.4 Å². The van der Waals surface area contributed by atoms with Gasteiger partial charge >= 0.3 is 0 Å². The molecule has 0 bridgehead atoms. The smallest absolute Gasteiger partial charge is 0.254 e. The van der Waals surface area contributed by atoms with Gasteiger partial charge in [0.25, 0.3) is 5.91 Å². The van der Waals surface area contributed by atoms with Crippen molar-refractivity contribution in [2.75, 3.05) is 13.1 Å². The number of amides is 1. The maximum Gasteiger partial charge on any atom is 0.254 e. The van der Waals surface area contributed by atoms with E-state index < -0.39 is 0 Å². The molecule has 3 aromatic rings. The number of ether oxygens (including phenoxy) is 1. The Morgan fingerprint density at radius 1 is 1.08 bits per heavy atom. The summed E-state index contributed by atoms with van der Waals surface area (Å²) in [6.45, 7) is 1.13. The standard InChI is InChI=1S/C19H15ClN2O2/c20-16-7-8-18(21-10-16)24-17-11-22(12-17)19(23)15-6-5-13-3-1-2-4-14(13)9-15/h1-10,17H,11-12H2. The molecular formula is C19H15ClN2O2. The van der Waals surface area contributed by atoms with Gasteiger partial charge in [0.2, 0.25) is 5.88 Å². The number of rotatable bonds is 3. The Hall–Kier alpha value is -2.59. The van der Waals surface area contributed by atoms with E-state index in [-0.39, 0.29) is 12.0 Å². The average Bonchev–Trinajstić information content (AvgIpc) is 2.58. The summed E-state index contributed by atoms with van der Waals surface area (Å²) >= 11 is 5.80. The second-order valence-electron chi connectivity index (χ2n) is 5.83. The summed E-state index contributed by atoms with van der Waals surface area (Å²) in [5.74, 6) is 0.562. The molecule has 0 saturated carbocycles. The Morgan fingerprint density at radius 3 is 2.62 bits per heavy atom. The van der Waals surface area contributed by atoms with Crippen molar-refractivity contribution in [2.24, 2.45) is 0 Å². The number of hydrogen-bond acceptors (Lipinski definition) is 3. The third-order valence-electron chi connectivity index (χ3n) is 4.12. The number of aromatic nitrogens is 1. The summed E-state index contributed by atoms with van der Waals surface area (Å²) in [5, 5.41) is 2.78. The highest BCUT2D eigenvalue weighted by Crippen LogP contribution is 2.21. The second-order valence-corrected chi connectivity index (χ2v) is 6.26. The average molecular weight is 339 g/mol. The lowest BCUT2D eigenvalue weighted by Gasteiger charge is -2.38. The number of pyridine rings is 1. The minimum absolute atomic E-state index is 0.0249. The molecule has 1 aliphatic rings. The zero-order valence-corrected chi connectivity index (χ0v) is 13.6. The normalized spacial score (nSPS) is 14.5. The van der Waals surface area contributed by atoms with Crippen LogP contribution in [0.5, 0.6) is 5.88 Å². The molecule has 1 fully saturated rings. The number of benzene rings is 2. The van der Waals surface area contributed by atoms with Crippen LogP contribution in [0, 0.1) is 0 Å². The van der Waals surface area contributed by atoms with Gasteiger partial charge in [0.1, 0.15) is 6.10 Å². The van der Waals surface area contributed by atoms with Gasteiger partial charge in [-0.2, -0.15) is 0 Å². The molecular weight excluding hydrogens is 324 g/mol. The molecule has 0 radical (unpaired) electrons. The first-order valence-electron chi connectivity index (χ1n) is 7.75. The molecule has 1 aromatic heterocycles. The van der Waals surface area contributed by atoms with Crippen LogP contribution < -0.4 is 4.74 Å². The Labute approximate surface area is 144 Å². The molecule has 1 amide bonds. The number of fused-ring (bicyclic) bond motifs is 1. The van der Waals surface area contributed by atoms with Crippen molar-refractivity contribution in [1.29, 1.82) is 0 Å². The molecule has 0 aliphatic carbocycles. The van der Waals surface area contributed by atoms with E-state index in [0.29, 0.717) is 29.6 Å². The van der Waals surface area contributed by atoms with Crippen molar-refractivity contribution >= 4 is 28.3 Å². The summed E-state index contributed by atoms with van der Waals surface area (Å²) in [6, 6.07) is 17.3. The molecule has 0 unspecified atom stereocenters. The Morgan fingerprint density at radius 2 is 1.88 bits per heavy atom. The van der Waals surface area contributed by atoms with Crippen LogP contribution >= 0.6 is 11.6 Å². The minimum atomic E-state index is -0.0249. The van der Waals surface area contributed by atoms with Crippen LogP contribution in [0.3, 0.4) is 0 Å². The SMILES string of the molecule is O=C(c1ccc2ccccc2c1)N1CC(Oc2ccc(Cl)cn2)C1. The topological polar surface area (TPSA) is 42.4 Å². The number of likely N-dealkylation sites (tertiary alicyclic amines) is 1. The highest BCUT2D eigenvalue weighted by atomic mass is 35.5. The van der Waals surface area contributed by atoms with Crippen molar-refractivity contribution in [2.45, 2.75) is 6.10 Å². The number of nitrogens with zero attached hydrogens (tertiary/aromatic N) is 2. The maximum atomic E-state index is 12.6. The van der Waals surface area contributed by atoms with Gasteiger partial charge in [-0.3, -0.25) is 4.79 Å². The molecule has 1 aliphatic heterocycles. The quantitative estimate of drug-likeness (QED) is 0.729. The molecule has 2 heterocycles. The van der Waals surface area contributed by atoms with Crippen LogP contribution in [0.15, 0.2) is 60.8 Å². The highest BCUT2D eigenvalue weighted by Gasteiger charge is 2.33. The van der Waals surface area contributed by atoms with Crippen LogP contribution in [0.4, 0.5) is 0 Å². The van der Waals surface area contributed by atoms with Crippen molar-refractivity contribution in [3.63, 3.8) is 0 Å². The third kappa shape index (κ3) is 2.93. The number of carbonyl (C=O) groups is 1. The first kappa shape index (κ1) is 15.0. The molecule has 0 atom stereocenters. The van der Waals surface area contributed by atoms with Gasteiger partial charge in [0.05, 0.1) is 18.1 Å². The van der Waals surface area contributed by atoms with E-state index in [1.807, 2.05) is 42.5 Å². The summed E-state index contributed by atoms with van der Waals surface area (Å²) in [5.41, 5.74) is 0.705. The van der Waals surface area contributed by atoms with E-state index in [1.54, 1.807) is 23.2 Å². The van der Waals surface area contributed by atoms with E-state index in [2.05, 4.69) is 4.98 Å². The molecule has 0 spiro atoms. The number of carbonyl (C=O) groups excluding carboxylic acids is 1. The Bertz CT molecular complexity index is 889. The van der Waals surface area contributed by atoms with Crippen molar-refractivity contribution in [3.8, 4) is 5.88 Å². The molecule has 4 nitrogen and oxygen atoms in total. The summed E-state index contributed by atoms with van der Waals surface area (Å²) in [7, 11) is 0. The van der Waals surface area contributed by atoms with Gasteiger partial charge < -0.3 is 9.64 Å². The predicted octanol–water partition coefficient (Wildman–Crippen LogP) is 3.79. The molecule has 24 heavy (non-hydrogen) atoms. The fourth-order valence-corrected chi connectivity index (χ4v) is 2.90. The second kappa shape index (κ2) is 6.13. The first-order valence-corrected chi connectivity index (χ1v) is 8.13. The summed E-state index contributed by atoms with van der Waals surface area (Å²) in [6.07, 6.45) is 1.52. The van der Waals surface area contributed by atoms with E-state index in [4.69, 9.17) is 16.3 Å². The van der Waals surface area contributed by atoms with Gasteiger partial charge in [0, 0.05) is 17.8 Å². The van der Waals surface area contributed by atoms with Crippen molar-refractivity contribution < 1.29 is 9.53 Å². The maximum absolute atomic E-state index is 12.6. The Balaban J connectivity index is 1.40. The zero-order chi connectivity index (χ0) is 16.5. The van der Waals surface area contributed by atoms with Gasteiger partial charge in [-0.25, -0.2) is 4.98 Å². The number of halogens is 1. The lowest BCUT2D eigenvalue weighted by molar-refractivity contribution is 0.0160. The molecule has 120 valence electrons. The number of hydrogen-bond donors (Lipinski definition) is 0. The van der Waals surface area contributed by atoms with Gasteiger partial charge in [-0.05, 0) is 29.0 Å². The van der Waals surface area contributed by atoms with Crippen molar-refractivity contribution in [1.82, 2.24) is 9.88 Å². The zero-order valence-electron chi connectivity index (χ0n) is 12.9. The summed E-state index contributed by atoms with van der Waals surface area (Å²) < 4.78 is 5.73. The van der Waals surface area contributed by atoms with Gasteiger partial charge in [0.15, 0.2) is 0 Å². The van der Waals surface area contributed by atoms with Gasteiger partial charge in [-0.15, -0.1) is 0 Å². The Kier molecular flexibility index (Phi) is 3.82. The molecule has 4 rings (SSSR count). The predicted molar refractivity (Wildman–Crippen MR) is 93.5 cm³/mol. The molecule has 0 N–H and O–H groups in total. The molecule has 2 aromatic carbocycles. The van der Waals surface area contributed by atoms with E-state index in [1.165, 1.54) is 0 Å². The van der Waals surface area contributed by atoms with Crippen LogP contribution in [-0.4, -0.2) is 35.0 Å². The van der Waals surface area contributed by atoms with Crippen LogP contribution in [0.25, 0.3) is 10.8 Å². The van der Waals surface area contributed by atoms with E-state index in [9.17, 15) is 4.79 Å². The largest absolute Gasteiger partial charge is 0.471 e. The summed E-state index contributed by atoms with van der Waals surface area (Å²) in [4.78, 5) is 18.4. The fourth-order valence-electron chi connectivity index (χ4n) is 2.79. The lowest BCUT2D eigenvalue weighted by Crippen LogP contribution is -2.56. The van der Waals surface area contributed by atoms with E-state index >= 15 is 0 Å².